The number of rotatable bonds is 5. The smallest absolute Gasteiger partial charge is 0.293 e. The van der Waals surface area contributed by atoms with Gasteiger partial charge in [0, 0.05) is 23.8 Å². The van der Waals surface area contributed by atoms with Gasteiger partial charge in [-0.2, -0.15) is 5.26 Å². The van der Waals surface area contributed by atoms with E-state index < -0.39 is 16.1 Å². The van der Waals surface area contributed by atoms with Crippen molar-refractivity contribution in [1.29, 1.82) is 5.26 Å². The first-order valence-corrected chi connectivity index (χ1v) is 9.86. The maximum Gasteiger partial charge on any atom is 0.293 e. The van der Waals surface area contributed by atoms with Gasteiger partial charge in [0.25, 0.3) is 16.8 Å². The number of nitro benzene ring substituents is 1. The number of amides is 2. The Morgan fingerprint density at radius 3 is 2.55 bits per heavy atom. The van der Waals surface area contributed by atoms with Crippen LogP contribution in [0.2, 0.25) is 0 Å². The first-order chi connectivity index (χ1) is 15.0. The van der Waals surface area contributed by atoms with Crippen LogP contribution < -0.4 is 0 Å². The van der Waals surface area contributed by atoms with E-state index in [9.17, 15) is 25.0 Å². The van der Waals surface area contributed by atoms with E-state index in [0.717, 1.165) is 16.7 Å². The van der Waals surface area contributed by atoms with E-state index in [0.29, 0.717) is 28.2 Å². The molecule has 152 valence electrons. The highest BCUT2D eigenvalue weighted by Gasteiger charge is 2.35. The molecule has 0 atom stereocenters. The van der Waals surface area contributed by atoms with Crippen molar-refractivity contribution in [2.75, 3.05) is 0 Å². The van der Waals surface area contributed by atoms with Crippen LogP contribution in [-0.4, -0.2) is 21.0 Å². The number of hydrogen-bond donors (Lipinski definition) is 0. The zero-order valence-electron chi connectivity index (χ0n) is 15.8. The van der Waals surface area contributed by atoms with Gasteiger partial charge in [0.1, 0.15) is 11.5 Å². The van der Waals surface area contributed by atoms with E-state index in [2.05, 4.69) is 6.07 Å². The molecule has 8 nitrogen and oxygen atoms in total. The predicted octanol–water partition coefficient (Wildman–Crippen LogP) is 4.96. The molecule has 0 N–H and O–H groups in total. The molecule has 4 rings (SSSR count). The van der Waals surface area contributed by atoms with Crippen LogP contribution in [0.5, 0.6) is 0 Å². The Kier molecular flexibility index (Phi) is 5.39. The molecule has 31 heavy (non-hydrogen) atoms. The highest BCUT2D eigenvalue weighted by Crippen LogP contribution is 2.34. The third kappa shape index (κ3) is 4.10. The first kappa shape index (κ1) is 20.1. The quantitative estimate of drug-likeness (QED) is 0.318. The maximum atomic E-state index is 12.7. The van der Waals surface area contributed by atoms with Crippen molar-refractivity contribution < 1.29 is 18.9 Å². The maximum absolute atomic E-state index is 12.7. The molecule has 2 heterocycles. The number of nitriles is 1. The second kappa shape index (κ2) is 8.30. The largest absolute Gasteiger partial charge is 0.457 e. The Labute approximate surface area is 180 Å². The standard InChI is InChI=1S/C22H13N3O5S/c23-12-15-3-1-2-4-18(15)19-10-9-17(30-19)11-20-21(26)24(22(27)31-20)13-14-5-7-16(8-6-14)25(28)29/h1-11H,13H2/b20-11+. The topological polar surface area (TPSA) is 117 Å². The van der Waals surface area contributed by atoms with Gasteiger partial charge >= 0.3 is 0 Å². The molecule has 1 aliphatic rings. The second-order valence-electron chi connectivity index (χ2n) is 6.55. The fraction of sp³-hybridized carbons (Fsp3) is 0.0455. The third-order valence-electron chi connectivity index (χ3n) is 4.57. The van der Waals surface area contributed by atoms with E-state index >= 15 is 0 Å². The van der Waals surface area contributed by atoms with Gasteiger partial charge in [0.05, 0.1) is 28.0 Å². The summed E-state index contributed by atoms with van der Waals surface area (Å²) in [6.07, 6.45) is 1.49. The van der Waals surface area contributed by atoms with Crippen LogP contribution >= 0.6 is 11.8 Å². The highest BCUT2D eigenvalue weighted by molar-refractivity contribution is 8.18. The number of non-ortho nitro benzene ring substituents is 1. The Balaban J connectivity index is 1.53. The minimum atomic E-state index is -0.515. The van der Waals surface area contributed by atoms with Crippen molar-refractivity contribution in [1.82, 2.24) is 4.90 Å². The molecule has 0 bridgehead atoms. The Morgan fingerprint density at radius 2 is 1.84 bits per heavy atom. The van der Waals surface area contributed by atoms with Crippen molar-refractivity contribution in [3.8, 4) is 17.4 Å². The van der Waals surface area contributed by atoms with Crippen LogP contribution in [0.4, 0.5) is 10.5 Å². The van der Waals surface area contributed by atoms with Crippen molar-refractivity contribution in [2.24, 2.45) is 0 Å². The lowest BCUT2D eigenvalue weighted by molar-refractivity contribution is -0.384. The third-order valence-corrected chi connectivity index (χ3v) is 5.48. The van der Waals surface area contributed by atoms with Crippen molar-refractivity contribution in [3.63, 3.8) is 0 Å². The number of nitrogens with zero attached hydrogens (tertiary/aromatic N) is 3. The van der Waals surface area contributed by atoms with E-state index in [1.807, 2.05) is 0 Å². The zero-order chi connectivity index (χ0) is 22.0. The molecule has 0 spiro atoms. The highest BCUT2D eigenvalue weighted by atomic mass is 32.2. The predicted molar refractivity (Wildman–Crippen MR) is 113 cm³/mol. The monoisotopic (exact) mass is 431 g/mol. The van der Waals surface area contributed by atoms with Crippen molar-refractivity contribution in [3.05, 3.63) is 92.6 Å². The van der Waals surface area contributed by atoms with Crippen molar-refractivity contribution in [2.45, 2.75) is 6.54 Å². The molecule has 2 aromatic carbocycles. The molecule has 3 aromatic rings. The fourth-order valence-electron chi connectivity index (χ4n) is 3.04. The minimum absolute atomic E-state index is 0.0128. The molecule has 1 saturated heterocycles. The van der Waals surface area contributed by atoms with Gasteiger partial charge in [-0.3, -0.25) is 24.6 Å². The lowest BCUT2D eigenvalue weighted by Gasteiger charge is -2.12. The molecule has 2 amide bonds. The summed E-state index contributed by atoms with van der Waals surface area (Å²) in [5, 5.41) is 19.6. The normalized spacial score (nSPS) is 14.8. The summed E-state index contributed by atoms with van der Waals surface area (Å²) in [4.78, 5) is 36.6. The number of benzene rings is 2. The summed E-state index contributed by atoms with van der Waals surface area (Å²) >= 11 is 0.795. The minimum Gasteiger partial charge on any atom is -0.457 e. The second-order valence-corrected chi connectivity index (χ2v) is 7.54. The summed E-state index contributed by atoms with van der Waals surface area (Å²) in [5.74, 6) is 0.390. The lowest BCUT2D eigenvalue weighted by Crippen LogP contribution is -2.27. The van der Waals surface area contributed by atoms with Gasteiger partial charge in [0.15, 0.2) is 0 Å². The summed E-state index contributed by atoms with van der Waals surface area (Å²) < 4.78 is 5.76. The molecule has 9 heteroatoms. The Bertz CT molecular complexity index is 1270. The van der Waals surface area contributed by atoms with E-state index in [4.69, 9.17) is 4.42 Å². The van der Waals surface area contributed by atoms with Gasteiger partial charge in [-0.25, -0.2) is 0 Å². The summed E-state index contributed by atoms with van der Waals surface area (Å²) in [5.41, 5.74) is 1.63. The molecule has 0 radical (unpaired) electrons. The van der Waals surface area contributed by atoms with E-state index in [-0.39, 0.29) is 17.1 Å². The van der Waals surface area contributed by atoms with Crippen LogP contribution in [0.1, 0.15) is 16.9 Å². The summed E-state index contributed by atoms with van der Waals surface area (Å²) in [7, 11) is 0. The first-order valence-electron chi connectivity index (χ1n) is 9.04. The average molecular weight is 431 g/mol. The zero-order valence-corrected chi connectivity index (χ0v) is 16.7. The molecular formula is C22H13N3O5S. The van der Waals surface area contributed by atoms with Crippen LogP contribution in [0.3, 0.4) is 0 Å². The number of nitro groups is 1. The van der Waals surface area contributed by atoms with Crippen LogP contribution in [-0.2, 0) is 11.3 Å². The number of imide groups is 1. The van der Waals surface area contributed by atoms with E-state index in [1.54, 1.807) is 36.4 Å². The van der Waals surface area contributed by atoms with Crippen LogP contribution in [0.25, 0.3) is 17.4 Å². The average Bonchev–Trinajstić information content (AvgIpc) is 3.34. The van der Waals surface area contributed by atoms with Gasteiger partial charge in [-0.15, -0.1) is 0 Å². The Hall–Kier alpha value is -4.16. The molecular weight excluding hydrogens is 418 g/mol. The number of carbonyl (C=O) groups is 2. The fourth-order valence-corrected chi connectivity index (χ4v) is 3.86. The van der Waals surface area contributed by atoms with Gasteiger partial charge in [-0.05, 0) is 41.6 Å². The molecule has 1 aromatic heterocycles. The van der Waals surface area contributed by atoms with Crippen LogP contribution in [0.15, 0.2) is 70.0 Å². The molecule has 1 aliphatic heterocycles. The summed E-state index contributed by atoms with van der Waals surface area (Å²) in [6.45, 7) is 0.0128. The number of thioether (sulfide) groups is 1. The summed E-state index contributed by atoms with van der Waals surface area (Å²) in [6, 6.07) is 18.1. The Morgan fingerprint density at radius 1 is 1.10 bits per heavy atom. The number of hydrogen-bond acceptors (Lipinski definition) is 7. The van der Waals surface area contributed by atoms with Crippen molar-refractivity contribution >= 4 is 34.7 Å². The van der Waals surface area contributed by atoms with Gasteiger partial charge in [-0.1, -0.05) is 24.3 Å². The SMILES string of the molecule is N#Cc1ccccc1-c1ccc(/C=C2/SC(=O)N(Cc3ccc([N+](=O)[O-])cc3)C2=O)o1. The van der Waals surface area contributed by atoms with Gasteiger partial charge < -0.3 is 4.42 Å². The van der Waals surface area contributed by atoms with E-state index in [1.165, 1.54) is 30.3 Å². The molecule has 1 fully saturated rings. The van der Waals surface area contributed by atoms with Crippen LogP contribution in [0, 0.1) is 21.4 Å². The molecule has 0 saturated carbocycles. The number of carbonyl (C=O) groups excluding carboxylic acids is 2. The lowest BCUT2D eigenvalue weighted by atomic mass is 10.1. The molecule has 0 aliphatic carbocycles. The van der Waals surface area contributed by atoms with Gasteiger partial charge in [0.2, 0.25) is 0 Å². The molecule has 0 unspecified atom stereocenters. The number of furan rings is 1.